The van der Waals surface area contributed by atoms with Gasteiger partial charge in [-0.15, -0.1) is 0 Å². The lowest BCUT2D eigenvalue weighted by molar-refractivity contribution is 0.0737. The molecule has 0 spiro atoms. The standard InChI is InChI=1S/C22H19NO/c24-22(23-13-12-15-4-1-2-5-18(15)14-23)20-11-10-17-9-8-16-6-3-7-19(20)21(16)17/h1-7,10-11H,8-9,12-14H2. The number of hydrogen-bond donors (Lipinski definition) is 0. The van der Waals surface area contributed by atoms with Gasteiger partial charge in [0.1, 0.15) is 0 Å². The number of hydrogen-bond acceptors (Lipinski definition) is 1. The SMILES string of the molecule is O=C(c1ccc2c3c(cccc13)CC2)N1CCc2ccccc2C1. The molecule has 3 aromatic rings. The Morgan fingerprint density at radius 1 is 0.750 bits per heavy atom. The summed E-state index contributed by atoms with van der Waals surface area (Å²) in [5.74, 6) is 0.167. The molecule has 0 fully saturated rings. The van der Waals surface area contributed by atoms with Crippen LogP contribution in [0.25, 0.3) is 10.8 Å². The molecular formula is C22H19NO. The highest BCUT2D eigenvalue weighted by Gasteiger charge is 2.24. The largest absolute Gasteiger partial charge is 0.334 e. The maximum atomic E-state index is 13.2. The van der Waals surface area contributed by atoms with Crippen LogP contribution in [0.1, 0.15) is 32.6 Å². The molecule has 0 bridgehead atoms. The van der Waals surface area contributed by atoms with Crippen molar-refractivity contribution in [2.75, 3.05) is 6.54 Å². The van der Waals surface area contributed by atoms with E-state index in [1.54, 1.807) is 0 Å². The van der Waals surface area contributed by atoms with E-state index < -0.39 is 0 Å². The maximum absolute atomic E-state index is 13.2. The van der Waals surface area contributed by atoms with E-state index in [2.05, 4.69) is 48.5 Å². The van der Waals surface area contributed by atoms with Crippen molar-refractivity contribution in [3.05, 3.63) is 82.4 Å². The fourth-order valence-corrected chi connectivity index (χ4v) is 4.27. The van der Waals surface area contributed by atoms with Gasteiger partial charge in [-0.25, -0.2) is 0 Å². The summed E-state index contributed by atoms with van der Waals surface area (Å²) < 4.78 is 0. The first-order chi connectivity index (χ1) is 11.8. The zero-order valence-electron chi connectivity index (χ0n) is 13.6. The van der Waals surface area contributed by atoms with Crippen LogP contribution in [0.2, 0.25) is 0 Å². The van der Waals surface area contributed by atoms with E-state index in [1.807, 2.05) is 11.0 Å². The predicted molar refractivity (Wildman–Crippen MR) is 96.2 cm³/mol. The third-order valence-electron chi connectivity index (χ3n) is 5.53. The molecule has 0 aromatic heterocycles. The first kappa shape index (κ1) is 13.8. The summed E-state index contributed by atoms with van der Waals surface area (Å²) >= 11 is 0. The van der Waals surface area contributed by atoms with Gasteiger partial charge in [0.2, 0.25) is 0 Å². The summed E-state index contributed by atoms with van der Waals surface area (Å²) in [5.41, 5.74) is 6.30. The Bertz CT molecular complexity index is 963. The van der Waals surface area contributed by atoms with Crippen molar-refractivity contribution in [3.8, 4) is 0 Å². The lowest BCUT2D eigenvalue weighted by atomic mass is 9.96. The van der Waals surface area contributed by atoms with Crippen molar-refractivity contribution >= 4 is 16.7 Å². The Hall–Kier alpha value is -2.61. The van der Waals surface area contributed by atoms with E-state index in [0.29, 0.717) is 0 Å². The first-order valence-electron chi connectivity index (χ1n) is 8.71. The molecule has 0 unspecified atom stereocenters. The van der Waals surface area contributed by atoms with Gasteiger partial charge in [-0.1, -0.05) is 48.5 Å². The lowest BCUT2D eigenvalue weighted by Gasteiger charge is -2.29. The molecule has 5 rings (SSSR count). The smallest absolute Gasteiger partial charge is 0.254 e. The molecule has 2 heteroatoms. The topological polar surface area (TPSA) is 20.3 Å². The van der Waals surface area contributed by atoms with E-state index in [9.17, 15) is 4.79 Å². The van der Waals surface area contributed by atoms with Crippen molar-refractivity contribution in [2.45, 2.75) is 25.8 Å². The van der Waals surface area contributed by atoms with Gasteiger partial charge in [0.15, 0.2) is 0 Å². The van der Waals surface area contributed by atoms with Crippen LogP contribution < -0.4 is 0 Å². The van der Waals surface area contributed by atoms with Gasteiger partial charge in [-0.3, -0.25) is 4.79 Å². The molecule has 0 saturated heterocycles. The first-order valence-corrected chi connectivity index (χ1v) is 8.71. The monoisotopic (exact) mass is 313 g/mol. The minimum absolute atomic E-state index is 0.167. The number of aryl methyl sites for hydroxylation is 2. The zero-order chi connectivity index (χ0) is 16.1. The second-order valence-electron chi connectivity index (χ2n) is 6.86. The van der Waals surface area contributed by atoms with Crippen LogP contribution in [0.4, 0.5) is 0 Å². The van der Waals surface area contributed by atoms with Crippen LogP contribution in [-0.4, -0.2) is 17.4 Å². The molecule has 2 aliphatic rings. The molecule has 0 atom stereocenters. The Morgan fingerprint density at radius 2 is 1.50 bits per heavy atom. The fourth-order valence-electron chi connectivity index (χ4n) is 4.27. The minimum Gasteiger partial charge on any atom is -0.334 e. The second-order valence-corrected chi connectivity index (χ2v) is 6.86. The number of nitrogens with zero attached hydrogens (tertiary/aromatic N) is 1. The Labute approximate surface area is 141 Å². The normalized spacial score (nSPS) is 15.6. The van der Waals surface area contributed by atoms with E-state index in [4.69, 9.17) is 0 Å². The number of rotatable bonds is 1. The van der Waals surface area contributed by atoms with Gasteiger partial charge in [0, 0.05) is 18.7 Å². The van der Waals surface area contributed by atoms with E-state index >= 15 is 0 Å². The summed E-state index contributed by atoms with van der Waals surface area (Å²) in [5, 5.41) is 2.45. The summed E-state index contributed by atoms with van der Waals surface area (Å²) in [6.07, 6.45) is 3.14. The van der Waals surface area contributed by atoms with E-state index in [1.165, 1.54) is 27.6 Å². The quantitative estimate of drug-likeness (QED) is 0.661. The average molecular weight is 313 g/mol. The summed E-state index contributed by atoms with van der Waals surface area (Å²) in [6, 6.07) is 19.1. The van der Waals surface area contributed by atoms with E-state index in [-0.39, 0.29) is 5.91 Å². The third kappa shape index (κ3) is 1.99. The van der Waals surface area contributed by atoms with Crippen molar-refractivity contribution in [1.29, 1.82) is 0 Å². The van der Waals surface area contributed by atoms with Gasteiger partial charge in [-0.05, 0) is 58.4 Å². The number of carbonyl (C=O) groups excluding carboxylic acids is 1. The molecule has 2 nitrogen and oxygen atoms in total. The van der Waals surface area contributed by atoms with Gasteiger partial charge >= 0.3 is 0 Å². The van der Waals surface area contributed by atoms with Gasteiger partial charge in [-0.2, -0.15) is 0 Å². The van der Waals surface area contributed by atoms with Crippen LogP contribution in [0, 0.1) is 0 Å². The predicted octanol–water partition coefficient (Wildman–Crippen LogP) is 4.14. The molecule has 24 heavy (non-hydrogen) atoms. The molecule has 1 heterocycles. The number of carbonyl (C=O) groups is 1. The molecule has 1 aliphatic heterocycles. The van der Waals surface area contributed by atoms with Crippen LogP contribution in [0.15, 0.2) is 54.6 Å². The number of benzene rings is 3. The Balaban J connectivity index is 1.56. The lowest BCUT2D eigenvalue weighted by Crippen LogP contribution is -2.36. The summed E-state index contributed by atoms with van der Waals surface area (Å²) in [6.45, 7) is 1.52. The average Bonchev–Trinajstić information content (AvgIpc) is 3.06. The highest BCUT2D eigenvalue weighted by Crippen LogP contribution is 2.33. The van der Waals surface area contributed by atoms with Crippen LogP contribution in [0.5, 0.6) is 0 Å². The van der Waals surface area contributed by atoms with Crippen molar-refractivity contribution < 1.29 is 4.79 Å². The molecule has 3 aromatic carbocycles. The molecule has 0 radical (unpaired) electrons. The molecule has 0 saturated carbocycles. The molecule has 1 amide bonds. The summed E-state index contributed by atoms with van der Waals surface area (Å²) in [4.78, 5) is 15.2. The molecular weight excluding hydrogens is 294 g/mol. The van der Waals surface area contributed by atoms with Gasteiger partial charge in [0.05, 0.1) is 0 Å². The number of fused-ring (bicyclic) bond motifs is 1. The summed E-state index contributed by atoms with van der Waals surface area (Å²) in [7, 11) is 0. The molecule has 0 N–H and O–H groups in total. The highest BCUT2D eigenvalue weighted by atomic mass is 16.2. The zero-order valence-corrected chi connectivity index (χ0v) is 13.6. The molecule has 1 aliphatic carbocycles. The third-order valence-corrected chi connectivity index (χ3v) is 5.53. The number of amides is 1. The second kappa shape index (κ2) is 5.20. The Kier molecular flexibility index (Phi) is 2.99. The van der Waals surface area contributed by atoms with Crippen molar-refractivity contribution in [1.82, 2.24) is 4.90 Å². The van der Waals surface area contributed by atoms with E-state index in [0.717, 1.165) is 43.3 Å². The van der Waals surface area contributed by atoms with Crippen molar-refractivity contribution in [2.24, 2.45) is 0 Å². The maximum Gasteiger partial charge on any atom is 0.254 e. The Morgan fingerprint density at radius 3 is 2.38 bits per heavy atom. The van der Waals surface area contributed by atoms with Crippen LogP contribution >= 0.6 is 0 Å². The van der Waals surface area contributed by atoms with Crippen LogP contribution in [0.3, 0.4) is 0 Å². The van der Waals surface area contributed by atoms with Crippen LogP contribution in [-0.2, 0) is 25.8 Å². The van der Waals surface area contributed by atoms with Crippen molar-refractivity contribution in [3.63, 3.8) is 0 Å². The van der Waals surface area contributed by atoms with Gasteiger partial charge < -0.3 is 4.90 Å². The minimum atomic E-state index is 0.167. The molecule has 118 valence electrons. The fraction of sp³-hybridized carbons (Fsp3) is 0.227. The van der Waals surface area contributed by atoms with Gasteiger partial charge in [0.25, 0.3) is 5.91 Å². The highest BCUT2D eigenvalue weighted by molar-refractivity contribution is 6.09.